The van der Waals surface area contributed by atoms with Crippen molar-refractivity contribution in [1.29, 1.82) is 0 Å². The number of carbonyl (C=O) groups excluding carboxylic acids is 1. The molecule has 0 atom stereocenters. The van der Waals surface area contributed by atoms with Gasteiger partial charge in [-0.25, -0.2) is 13.1 Å². The summed E-state index contributed by atoms with van der Waals surface area (Å²) < 4.78 is 64.3. The van der Waals surface area contributed by atoms with Gasteiger partial charge in [0.2, 0.25) is 10.0 Å². The van der Waals surface area contributed by atoms with E-state index in [2.05, 4.69) is 10.0 Å². The fourth-order valence-corrected chi connectivity index (χ4v) is 3.30. The number of halogens is 3. The number of anilines is 1. The third-order valence-corrected chi connectivity index (χ3v) is 5.02. The number of rotatable bonds is 6. The summed E-state index contributed by atoms with van der Waals surface area (Å²) in [5.74, 6) is -0.445. The van der Waals surface area contributed by atoms with Gasteiger partial charge < -0.3 is 5.32 Å². The third kappa shape index (κ3) is 5.80. The lowest BCUT2D eigenvalue weighted by molar-refractivity contribution is -0.137. The molecule has 2 N–H and O–H groups in total. The first kappa shape index (κ1) is 20.9. The van der Waals surface area contributed by atoms with Gasteiger partial charge in [-0.1, -0.05) is 13.8 Å². The molecule has 0 aliphatic heterocycles. The van der Waals surface area contributed by atoms with E-state index in [0.29, 0.717) is 12.2 Å². The number of hydrogen-bond acceptors (Lipinski definition) is 3. The molecule has 0 fully saturated rings. The Morgan fingerprint density at radius 1 is 1.00 bits per heavy atom. The lowest BCUT2D eigenvalue weighted by Crippen LogP contribution is -2.27. The molecule has 0 radical (unpaired) electrons. The van der Waals surface area contributed by atoms with Crippen molar-refractivity contribution in [2.45, 2.75) is 24.9 Å². The highest BCUT2D eigenvalue weighted by Gasteiger charge is 2.30. The first-order valence-corrected chi connectivity index (χ1v) is 9.56. The minimum absolute atomic E-state index is 0.0516. The van der Waals surface area contributed by atoms with Crippen molar-refractivity contribution in [3.05, 3.63) is 59.7 Å². The predicted octanol–water partition coefficient (Wildman–Crippen LogP) is 3.89. The van der Waals surface area contributed by atoms with Gasteiger partial charge in [0.05, 0.1) is 10.5 Å². The summed E-state index contributed by atoms with van der Waals surface area (Å²) in [6.07, 6.45) is -4.47. The Hall–Kier alpha value is -2.39. The van der Waals surface area contributed by atoms with E-state index in [1.54, 1.807) is 0 Å². The van der Waals surface area contributed by atoms with E-state index in [1.807, 2.05) is 13.8 Å². The Bertz CT molecular complexity index is 891. The minimum atomic E-state index is -4.47. The zero-order valence-electron chi connectivity index (χ0n) is 14.7. The molecule has 9 heteroatoms. The number of hydrogen-bond donors (Lipinski definition) is 2. The Kier molecular flexibility index (Phi) is 6.27. The van der Waals surface area contributed by atoms with Crippen molar-refractivity contribution in [2.75, 3.05) is 11.9 Å². The van der Waals surface area contributed by atoms with Crippen molar-refractivity contribution in [2.24, 2.45) is 5.92 Å². The topological polar surface area (TPSA) is 75.3 Å². The van der Waals surface area contributed by atoms with E-state index < -0.39 is 27.7 Å². The van der Waals surface area contributed by atoms with E-state index in [0.717, 1.165) is 24.3 Å². The smallest absolute Gasteiger partial charge is 0.322 e. The Morgan fingerprint density at radius 3 is 2.04 bits per heavy atom. The van der Waals surface area contributed by atoms with Crippen LogP contribution >= 0.6 is 0 Å². The van der Waals surface area contributed by atoms with Crippen LogP contribution < -0.4 is 10.0 Å². The zero-order valence-corrected chi connectivity index (χ0v) is 15.5. The van der Waals surface area contributed by atoms with Gasteiger partial charge in [-0.05, 0) is 54.4 Å². The van der Waals surface area contributed by atoms with Crippen LogP contribution in [0.1, 0.15) is 29.8 Å². The minimum Gasteiger partial charge on any atom is -0.322 e. The average molecular weight is 400 g/mol. The predicted molar refractivity (Wildman–Crippen MR) is 95.9 cm³/mol. The summed E-state index contributed by atoms with van der Waals surface area (Å²) in [7, 11) is -3.64. The molecule has 0 aliphatic rings. The fourth-order valence-electron chi connectivity index (χ4n) is 2.09. The zero-order chi connectivity index (χ0) is 20.2. The maximum absolute atomic E-state index is 12.5. The lowest BCUT2D eigenvalue weighted by Gasteiger charge is -2.10. The molecular weight excluding hydrogens is 381 g/mol. The summed E-state index contributed by atoms with van der Waals surface area (Å²) >= 11 is 0. The Labute approximate surface area is 155 Å². The number of sulfonamides is 1. The van der Waals surface area contributed by atoms with Crippen LogP contribution in [0, 0.1) is 5.92 Å². The summed E-state index contributed by atoms with van der Waals surface area (Å²) in [5, 5.41) is 2.51. The van der Waals surface area contributed by atoms with E-state index in [-0.39, 0.29) is 16.4 Å². The standard InChI is InChI=1S/C18H19F3N2O3S/c1-12(2)11-22-27(25,26)16-9-7-15(8-10-16)23-17(24)13-3-5-14(6-4-13)18(19,20)21/h3-10,12,22H,11H2,1-2H3,(H,23,24). The lowest BCUT2D eigenvalue weighted by atomic mass is 10.1. The molecule has 0 saturated carbocycles. The summed E-state index contributed by atoms with van der Waals surface area (Å²) in [4.78, 5) is 12.2. The van der Waals surface area contributed by atoms with E-state index in [4.69, 9.17) is 0 Å². The molecule has 0 heterocycles. The molecule has 2 aromatic rings. The molecule has 5 nitrogen and oxygen atoms in total. The van der Waals surface area contributed by atoms with Crippen LogP contribution in [0.15, 0.2) is 53.4 Å². The highest BCUT2D eigenvalue weighted by molar-refractivity contribution is 7.89. The summed E-state index contributed by atoms with van der Waals surface area (Å²) in [6.45, 7) is 4.06. The van der Waals surface area contributed by atoms with Gasteiger partial charge in [0.15, 0.2) is 0 Å². The molecule has 146 valence electrons. The molecule has 0 aliphatic carbocycles. The van der Waals surface area contributed by atoms with Crippen molar-refractivity contribution in [3.8, 4) is 0 Å². The monoisotopic (exact) mass is 400 g/mol. The molecule has 2 rings (SSSR count). The van der Waals surface area contributed by atoms with Crippen LogP contribution in [-0.4, -0.2) is 20.9 Å². The van der Waals surface area contributed by atoms with Crippen molar-refractivity contribution >= 4 is 21.6 Å². The van der Waals surface area contributed by atoms with Crippen LogP contribution in [0.4, 0.5) is 18.9 Å². The normalized spacial score (nSPS) is 12.2. The van der Waals surface area contributed by atoms with Gasteiger partial charge in [-0.2, -0.15) is 13.2 Å². The van der Waals surface area contributed by atoms with Crippen molar-refractivity contribution in [3.63, 3.8) is 0 Å². The molecule has 0 bridgehead atoms. The van der Waals surface area contributed by atoms with Gasteiger partial charge in [0.25, 0.3) is 5.91 Å². The molecule has 0 aromatic heterocycles. The second kappa shape index (κ2) is 8.10. The van der Waals surface area contributed by atoms with Crippen molar-refractivity contribution < 1.29 is 26.4 Å². The second-order valence-electron chi connectivity index (χ2n) is 6.30. The van der Waals surface area contributed by atoms with Crippen molar-refractivity contribution in [1.82, 2.24) is 4.72 Å². The molecular formula is C18H19F3N2O3S. The van der Waals surface area contributed by atoms with E-state index in [1.165, 1.54) is 24.3 Å². The maximum atomic E-state index is 12.5. The summed E-state index contributed by atoms with van der Waals surface area (Å²) in [6, 6.07) is 9.30. The highest BCUT2D eigenvalue weighted by Crippen LogP contribution is 2.29. The van der Waals surface area contributed by atoms with Gasteiger partial charge in [-0.15, -0.1) is 0 Å². The van der Waals surface area contributed by atoms with Gasteiger partial charge in [0, 0.05) is 17.8 Å². The van der Waals surface area contributed by atoms with E-state index in [9.17, 15) is 26.4 Å². The van der Waals surface area contributed by atoms with E-state index >= 15 is 0 Å². The fraction of sp³-hybridized carbons (Fsp3) is 0.278. The van der Waals surface area contributed by atoms with Crippen LogP contribution in [0.5, 0.6) is 0 Å². The number of alkyl halides is 3. The third-order valence-electron chi connectivity index (χ3n) is 3.58. The molecule has 27 heavy (non-hydrogen) atoms. The van der Waals surface area contributed by atoms with Crippen LogP contribution in [-0.2, 0) is 16.2 Å². The molecule has 0 saturated heterocycles. The average Bonchev–Trinajstić information content (AvgIpc) is 2.60. The maximum Gasteiger partial charge on any atom is 0.416 e. The summed E-state index contributed by atoms with van der Waals surface area (Å²) in [5.41, 5.74) is -0.469. The molecule has 1 amide bonds. The Balaban J connectivity index is 2.07. The van der Waals surface area contributed by atoms with Crippen LogP contribution in [0.2, 0.25) is 0 Å². The number of amides is 1. The molecule has 0 unspecified atom stereocenters. The number of carbonyl (C=O) groups is 1. The largest absolute Gasteiger partial charge is 0.416 e. The quantitative estimate of drug-likeness (QED) is 0.773. The number of benzene rings is 2. The highest BCUT2D eigenvalue weighted by atomic mass is 32.2. The SMILES string of the molecule is CC(C)CNS(=O)(=O)c1ccc(NC(=O)c2ccc(C(F)(F)F)cc2)cc1. The Morgan fingerprint density at radius 2 is 1.56 bits per heavy atom. The van der Waals surface area contributed by atoms with Gasteiger partial charge >= 0.3 is 6.18 Å². The van der Waals surface area contributed by atoms with Gasteiger partial charge in [-0.3, -0.25) is 4.79 Å². The first-order chi connectivity index (χ1) is 12.5. The number of nitrogens with one attached hydrogen (secondary N) is 2. The first-order valence-electron chi connectivity index (χ1n) is 8.07. The molecule has 2 aromatic carbocycles. The molecule has 0 spiro atoms. The van der Waals surface area contributed by atoms with Gasteiger partial charge in [0.1, 0.15) is 0 Å². The second-order valence-corrected chi connectivity index (χ2v) is 8.07. The van der Waals surface area contributed by atoms with Crippen LogP contribution in [0.25, 0.3) is 0 Å². The van der Waals surface area contributed by atoms with Crippen LogP contribution in [0.3, 0.4) is 0 Å².